The van der Waals surface area contributed by atoms with Crippen molar-refractivity contribution in [2.24, 2.45) is 0 Å². The van der Waals surface area contributed by atoms with Gasteiger partial charge in [-0.15, -0.1) is 0 Å². The van der Waals surface area contributed by atoms with Gasteiger partial charge in [-0.3, -0.25) is 4.79 Å². The summed E-state index contributed by atoms with van der Waals surface area (Å²) in [6.07, 6.45) is -0.550. The van der Waals surface area contributed by atoms with Crippen molar-refractivity contribution in [2.45, 2.75) is 33.7 Å². The third-order valence-corrected chi connectivity index (χ3v) is 2.06. The molecule has 0 saturated heterocycles. The number of nitrogens with zero attached hydrogens (tertiary/aromatic N) is 1. The molecule has 0 aliphatic carbocycles. The van der Waals surface area contributed by atoms with Crippen molar-refractivity contribution in [1.29, 1.82) is 0 Å². The second-order valence-corrected chi connectivity index (χ2v) is 3.10. The van der Waals surface area contributed by atoms with E-state index in [0.717, 1.165) is 0 Å². The van der Waals surface area contributed by atoms with Crippen LogP contribution in [0.1, 0.15) is 27.7 Å². The molecule has 0 saturated carbocycles. The molecule has 1 N–H and O–H groups in total. The fraction of sp³-hybridized carbons (Fsp3) is 0.800. The van der Waals surface area contributed by atoms with Crippen molar-refractivity contribution in [3.63, 3.8) is 0 Å². The van der Waals surface area contributed by atoms with Gasteiger partial charge in [0.1, 0.15) is 6.04 Å². The fourth-order valence-electron chi connectivity index (χ4n) is 1.22. The first-order chi connectivity index (χ1) is 7.06. The molecule has 5 heteroatoms. The second-order valence-electron chi connectivity index (χ2n) is 3.10. The standard InChI is InChI=1S/C10H20N2O3/c1-5-12(6-2)9(13)8(4)11-10(14)15-7-3/h8H,5-7H2,1-4H3,(H,11,14). The summed E-state index contributed by atoms with van der Waals surface area (Å²) in [5.41, 5.74) is 0. The SMILES string of the molecule is CCOC(=O)NC(C)C(=O)N(CC)CC. The number of hydrogen-bond acceptors (Lipinski definition) is 3. The molecule has 0 fully saturated rings. The van der Waals surface area contributed by atoms with E-state index in [1.165, 1.54) is 0 Å². The predicted octanol–water partition coefficient (Wildman–Crippen LogP) is 0.989. The van der Waals surface area contributed by atoms with Gasteiger partial charge in [-0.25, -0.2) is 4.79 Å². The van der Waals surface area contributed by atoms with E-state index >= 15 is 0 Å². The van der Waals surface area contributed by atoms with E-state index in [4.69, 9.17) is 0 Å². The number of likely N-dealkylation sites (N-methyl/N-ethyl adjacent to an activating group) is 1. The maximum absolute atomic E-state index is 11.7. The minimum absolute atomic E-state index is 0.0898. The van der Waals surface area contributed by atoms with Crippen LogP contribution in [0.15, 0.2) is 0 Å². The van der Waals surface area contributed by atoms with Gasteiger partial charge in [0.25, 0.3) is 0 Å². The number of nitrogens with one attached hydrogen (secondary N) is 1. The number of carbonyl (C=O) groups is 2. The molecule has 0 aromatic carbocycles. The van der Waals surface area contributed by atoms with E-state index in [2.05, 4.69) is 10.1 Å². The molecule has 0 aromatic rings. The molecule has 88 valence electrons. The quantitative estimate of drug-likeness (QED) is 0.745. The van der Waals surface area contributed by atoms with Crippen molar-refractivity contribution < 1.29 is 14.3 Å². The predicted molar refractivity (Wildman–Crippen MR) is 57.5 cm³/mol. The Morgan fingerprint density at radius 3 is 2.20 bits per heavy atom. The topological polar surface area (TPSA) is 58.6 Å². The molecule has 0 aromatic heterocycles. The molecule has 0 aliphatic heterocycles. The summed E-state index contributed by atoms with van der Waals surface area (Å²) in [6.45, 7) is 8.76. The van der Waals surface area contributed by atoms with Crippen molar-refractivity contribution in [3.05, 3.63) is 0 Å². The molecule has 2 amide bonds. The van der Waals surface area contributed by atoms with E-state index in [1.54, 1.807) is 18.7 Å². The average molecular weight is 216 g/mol. The van der Waals surface area contributed by atoms with E-state index in [-0.39, 0.29) is 5.91 Å². The summed E-state index contributed by atoms with van der Waals surface area (Å²) in [6, 6.07) is -0.538. The van der Waals surface area contributed by atoms with Crippen LogP contribution in [-0.4, -0.2) is 42.6 Å². The first kappa shape index (κ1) is 13.7. The number of ether oxygens (including phenoxy) is 1. The van der Waals surface area contributed by atoms with Gasteiger partial charge in [0.15, 0.2) is 0 Å². The summed E-state index contributed by atoms with van der Waals surface area (Å²) in [5, 5.41) is 2.48. The summed E-state index contributed by atoms with van der Waals surface area (Å²) in [4.78, 5) is 24.4. The lowest BCUT2D eigenvalue weighted by Gasteiger charge is -2.23. The van der Waals surface area contributed by atoms with E-state index < -0.39 is 12.1 Å². The van der Waals surface area contributed by atoms with Gasteiger partial charge in [-0.1, -0.05) is 0 Å². The second kappa shape index (κ2) is 7.09. The highest BCUT2D eigenvalue weighted by Gasteiger charge is 2.19. The minimum Gasteiger partial charge on any atom is -0.450 e. The van der Waals surface area contributed by atoms with Crippen LogP contribution in [0.3, 0.4) is 0 Å². The van der Waals surface area contributed by atoms with E-state index in [0.29, 0.717) is 19.7 Å². The third-order valence-electron chi connectivity index (χ3n) is 2.06. The zero-order valence-corrected chi connectivity index (χ0v) is 9.87. The average Bonchev–Trinajstić information content (AvgIpc) is 2.19. The number of carbonyl (C=O) groups excluding carboxylic acids is 2. The molecule has 0 spiro atoms. The largest absolute Gasteiger partial charge is 0.450 e. The Morgan fingerprint density at radius 2 is 1.80 bits per heavy atom. The normalized spacial score (nSPS) is 11.7. The lowest BCUT2D eigenvalue weighted by Crippen LogP contribution is -2.46. The lowest BCUT2D eigenvalue weighted by atomic mass is 10.3. The Bertz CT molecular complexity index is 215. The maximum atomic E-state index is 11.7. The smallest absolute Gasteiger partial charge is 0.407 e. The molecule has 0 rings (SSSR count). The monoisotopic (exact) mass is 216 g/mol. The molecule has 0 aliphatic rings. The first-order valence-corrected chi connectivity index (χ1v) is 5.28. The highest BCUT2D eigenvalue weighted by Crippen LogP contribution is 1.95. The minimum atomic E-state index is -0.550. The van der Waals surface area contributed by atoms with Crippen molar-refractivity contribution in [3.8, 4) is 0 Å². The van der Waals surface area contributed by atoms with Crippen molar-refractivity contribution in [1.82, 2.24) is 10.2 Å². The van der Waals surface area contributed by atoms with Crippen LogP contribution in [-0.2, 0) is 9.53 Å². The molecule has 5 nitrogen and oxygen atoms in total. The van der Waals surface area contributed by atoms with Crippen LogP contribution in [0.4, 0.5) is 4.79 Å². The van der Waals surface area contributed by atoms with Crippen LogP contribution in [0.25, 0.3) is 0 Å². The van der Waals surface area contributed by atoms with Crippen LogP contribution >= 0.6 is 0 Å². The van der Waals surface area contributed by atoms with Gasteiger partial charge in [0.05, 0.1) is 6.61 Å². The van der Waals surface area contributed by atoms with E-state index in [9.17, 15) is 9.59 Å². The van der Waals surface area contributed by atoms with Crippen molar-refractivity contribution >= 4 is 12.0 Å². The molecular weight excluding hydrogens is 196 g/mol. The number of rotatable bonds is 5. The zero-order chi connectivity index (χ0) is 11.8. The van der Waals surface area contributed by atoms with Crippen LogP contribution in [0.2, 0.25) is 0 Å². The van der Waals surface area contributed by atoms with Gasteiger partial charge in [-0.05, 0) is 27.7 Å². The Labute approximate surface area is 90.8 Å². The van der Waals surface area contributed by atoms with Crippen LogP contribution in [0.5, 0.6) is 0 Å². The molecule has 0 radical (unpaired) electrons. The zero-order valence-electron chi connectivity index (χ0n) is 9.87. The number of hydrogen-bond donors (Lipinski definition) is 1. The van der Waals surface area contributed by atoms with Gasteiger partial charge < -0.3 is 15.0 Å². The summed E-state index contributed by atoms with van der Waals surface area (Å²) >= 11 is 0. The van der Waals surface area contributed by atoms with Gasteiger partial charge in [0, 0.05) is 13.1 Å². The molecule has 0 heterocycles. The van der Waals surface area contributed by atoms with Crippen LogP contribution in [0, 0.1) is 0 Å². The summed E-state index contributed by atoms with van der Waals surface area (Å²) in [7, 11) is 0. The highest BCUT2D eigenvalue weighted by molar-refractivity contribution is 5.85. The third kappa shape index (κ3) is 4.67. The molecule has 1 unspecified atom stereocenters. The van der Waals surface area contributed by atoms with Crippen LogP contribution < -0.4 is 5.32 Å². The Hall–Kier alpha value is -1.26. The van der Waals surface area contributed by atoms with Gasteiger partial charge >= 0.3 is 6.09 Å². The Balaban J connectivity index is 4.13. The van der Waals surface area contributed by atoms with Crippen molar-refractivity contribution in [2.75, 3.05) is 19.7 Å². The summed E-state index contributed by atoms with van der Waals surface area (Å²) in [5.74, 6) is -0.0898. The lowest BCUT2D eigenvalue weighted by molar-refractivity contribution is -0.132. The number of amides is 2. The maximum Gasteiger partial charge on any atom is 0.407 e. The fourth-order valence-corrected chi connectivity index (χ4v) is 1.22. The first-order valence-electron chi connectivity index (χ1n) is 5.28. The number of alkyl carbamates (subject to hydrolysis) is 1. The van der Waals surface area contributed by atoms with Gasteiger partial charge in [-0.2, -0.15) is 0 Å². The van der Waals surface area contributed by atoms with Gasteiger partial charge in [0.2, 0.25) is 5.91 Å². The molecule has 1 atom stereocenters. The molecule has 0 bridgehead atoms. The molecule has 15 heavy (non-hydrogen) atoms. The summed E-state index contributed by atoms with van der Waals surface area (Å²) < 4.78 is 4.69. The Kier molecular flexibility index (Phi) is 6.49. The van der Waals surface area contributed by atoms with E-state index in [1.807, 2.05) is 13.8 Å². The molecular formula is C10H20N2O3. The highest BCUT2D eigenvalue weighted by atomic mass is 16.5. The Morgan fingerprint density at radius 1 is 1.27 bits per heavy atom.